The van der Waals surface area contributed by atoms with E-state index in [-0.39, 0.29) is 5.41 Å². The van der Waals surface area contributed by atoms with Gasteiger partial charge in [0.1, 0.15) is 5.41 Å². The van der Waals surface area contributed by atoms with Crippen LogP contribution >= 0.6 is 0 Å². The number of rotatable bonds is 7. The Morgan fingerprint density at radius 3 is 2.17 bits per heavy atom. The fraction of sp³-hybridized carbons (Fsp3) is 0.778. The number of hydrogen-bond acceptors (Lipinski definition) is 2. The van der Waals surface area contributed by atoms with Crippen molar-refractivity contribution in [2.45, 2.75) is 32.1 Å². The van der Waals surface area contributed by atoms with E-state index in [1.807, 2.05) is 19.9 Å². The van der Waals surface area contributed by atoms with Gasteiger partial charge in [-0.05, 0) is 26.7 Å². The van der Waals surface area contributed by atoms with Crippen molar-refractivity contribution in [1.29, 1.82) is 0 Å². The molecule has 0 bridgehead atoms. The van der Waals surface area contributed by atoms with Gasteiger partial charge in [-0.2, -0.15) is 0 Å². The van der Waals surface area contributed by atoms with E-state index in [2.05, 4.69) is 6.58 Å². The van der Waals surface area contributed by atoms with Crippen LogP contribution in [-0.4, -0.2) is 28.9 Å². The molecule has 0 atom stereocenters. The number of hydrogen-bond donors (Lipinski definition) is 0. The lowest BCUT2D eigenvalue weighted by Gasteiger charge is -2.29. The second-order valence-electron chi connectivity index (χ2n) is 2.83. The Hall–Kier alpha value is -0.123. The molecule has 0 aromatic rings. The summed E-state index contributed by atoms with van der Waals surface area (Å²) in [7, 11) is 0.910. The van der Waals surface area contributed by atoms with Gasteiger partial charge in [-0.15, -0.1) is 6.58 Å². The van der Waals surface area contributed by atoms with Gasteiger partial charge in [0.25, 0.3) is 0 Å². The second-order valence-corrected chi connectivity index (χ2v) is 4.35. The lowest BCUT2D eigenvalue weighted by molar-refractivity contribution is -0.176. The highest BCUT2D eigenvalue weighted by atomic mass is 28.1. The van der Waals surface area contributed by atoms with E-state index in [9.17, 15) is 0 Å². The molecule has 0 radical (unpaired) electrons. The van der Waals surface area contributed by atoms with Gasteiger partial charge in [0.2, 0.25) is 0 Å². The minimum Gasteiger partial charge on any atom is -0.355 e. The van der Waals surface area contributed by atoms with Crippen LogP contribution in [0.15, 0.2) is 12.7 Å². The molecule has 0 saturated heterocycles. The monoisotopic (exact) mass is 188 g/mol. The Morgan fingerprint density at radius 2 is 1.83 bits per heavy atom. The molecule has 0 aromatic heterocycles. The normalized spacial score (nSPS) is 11.8. The van der Waals surface area contributed by atoms with Crippen molar-refractivity contribution in [2.24, 2.45) is 0 Å². The molecule has 0 aliphatic rings. The molecule has 72 valence electrons. The third-order valence-corrected chi connectivity index (χ3v) is 2.78. The van der Waals surface area contributed by atoms with E-state index < -0.39 is 0 Å². The minimum absolute atomic E-state index is 0.280. The van der Waals surface area contributed by atoms with Crippen molar-refractivity contribution in [3.8, 4) is 0 Å². The van der Waals surface area contributed by atoms with Crippen molar-refractivity contribution in [2.75, 3.05) is 13.2 Å². The van der Waals surface area contributed by atoms with Crippen molar-refractivity contribution in [3.05, 3.63) is 12.7 Å². The van der Waals surface area contributed by atoms with Crippen LogP contribution < -0.4 is 0 Å². The molecule has 0 fully saturated rings. The molecular formula is C9H20O2Si. The van der Waals surface area contributed by atoms with Gasteiger partial charge >= 0.3 is 0 Å². The molecule has 0 amide bonds. The van der Waals surface area contributed by atoms with Crippen molar-refractivity contribution in [3.63, 3.8) is 0 Å². The molecule has 0 heterocycles. The highest BCUT2D eigenvalue weighted by Crippen LogP contribution is 2.15. The molecule has 3 heteroatoms. The lowest BCUT2D eigenvalue weighted by Crippen LogP contribution is -2.36. The zero-order chi connectivity index (χ0) is 9.45. The summed E-state index contributed by atoms with van der Waals surface area (Å²) < 4.78 is 11.1. The molecule has 0 aliphatic carbocycles. The highest BCUT2D eigenvalue weighted by Gasteiger charge is 2.22. The molecule has 0 unspecified atom stereocenters. The van der Waals surface area contributed by atoms with Crippen molar-refractivity contribution in [1.82, 2.24) is 0 Å². The maximum absolute atomic E-state index is 5.56. The first-order valence-electron chi connectivity index (χ1n) is 4.57. The van der Waals surface area contributed by atoms with E-state index in [0.717, 1.165) is 36.3 Å². The van der Waals surface area contributed by atoms with E-state index >= 15 is 0 Å². The molecule has 2 nitrogen and oxygen atoms in total. The summed E-state index contributed by atoms with van der Waals surface area (Å²) in [5.74, 6) is 0. The predicted molar refractivity (Wildman–Crippen MR) is 55.4 cm³/mol. The summed E-state index contributed by atoms with van der Waals surface area (Å²) in [6.07, 6.45) is 3.80. The van der Waals surface area contributed by atoms with Crippen LogP contribution in [0, 0.1) is 0 Å². The lowest BCUT2D eigenvalue weighted by atomic mass is 10.3. The van der Waals surface area contributed by atoms with E-state index in [1.165, 1.54) is 0 Å². The summed E-state index contributed by atoms with van der Waals surface area (Å²) in [5, 5.41) is 0. The Balaban J connectivity index is 3.88. The standard InChI is InChI=1S/C9H20O2Si/c1-4-7-8-9(12,10-5-2)11-6-3/h4H,1,5-8H2,2-3,12H3. The summed E-state index contributed by atoms with van der Waals surface area (Å²) in [6, 6.07) is 0. The maximum atomic E-state index is 5.56. The molecule has 0 spiro atoms. The Morgan fingerprint density at radius 1 is 1.33 bits per heavy atom. The summed E-state index contributed by atoms with van der Waals surface area (Å²) in [4.78, 5) is 0. The van der Waals surface area contributed by atoms with Crippen LogP contribution in [-0.2, 0) is 9.47 Å². The smallest absolute Gasteiger partial charge is 0.141 e. The molecule has 12 heavy (non-hydrogen) atoms. The number of allylic oxidation sites excluding steroid dienone is 1. The average Bonchev–Trinajstić information content (AvgIpc) is 2.02. The van der Waals surface area contributed by atoms with Gasteiger partial charge < -0.3 is 9.47 Å². The van der Waals surface area contributed by atoms with Crippen LogP contribution in [0.25, 0.3) is 0 Å². The highest BCUT2D eigenvalue weighted by molar-refractivity contribution is 6.13. The van der Waals surface area contributed by atoms with Gasteiger partial charge in [-0.3, -0.25) is 0 Å². The van der Waals surface area contributed by atoms with Gasteiger partial charge in [0, 0.05) is 13.2 Å². The molecule has 0 N–H and O–H groups in total. The maximum Gasteiger partial charge on any atom is 0.141 e. The third-order valence-electron chi connectivity index (χ3n) is 1.70. The van der Waals surface area contributed by atoms with Crippen LogP contribution in [0.4, 0.5) is 0 Å². The minimum atomic E-state index is -0.280. The zero-order valence-corrected chi connectivity index (χ0v) is 10.4. The predicted octanol–water partition coefficient (Wildman–Crippen LogP) is 1.04. The van der Waals surface area contributed by atoms with Gasteiger partial charge in [0.05, 0.1) is 10.2 Å². The van der Waals surface area contributed by atoms with Crippen LogP contribution in [0.1, 0.15) is 26.7 Å². The van der Waals surface area contributed by atoms with E-state index in [1.54, 1.807) is 0 Å². The fourth-order valence-electron chi connectivity index (χ4n) is 1.16. The third kappa shape index (κ3) is 4.69. The van der Waals surface area contributed by atoms with E-state index in [4.69, 9.17) is 9.47 Å². The zero-order valence-electron chi connectivity index (χ0n) is 8.43. The molecule has 0 aromatic carbocycles. The quantitative estimate of drug-likeness (QED) is 0.338. The topological polar surface area (TPSA) is 18.5 Å². The molecule has 0 aliphatic heterocycles. The molecule has 0 saturated carbocycles. The van der Waals surface area contributed by atoms with Gasteiger partial charge in [-0.25, -0.2) is 0 Å². The Kier molecular flexibility index (Phi) is 6.33. The largest absolute Gasteiger partial charge is 0.355 e. The van der Waals surface area contributed by atoms with Crippen LogP contribution in [0.3, 0.4) is 0 Å². The first kappa shape index (κ1) is 11.9. The van der Waals surface area contributed by atoms with Gasteiger partial charge in [0.15, 0.2) is 0 Å². The first-order chi connectivity index (χ1) is 5.68. The summed E-state index contributed by atoms with van der Waals surface area (Å²) in [6.45, 7) is 9.13. The van der Waals surface area contributed by atoms with Crippen LogP contribution in [0.2, 0.25) is 0 Å². The molecule has 0 rings (SSSR count). The number of ether oxygens (including phenoxy) is 2. The van der Waals surface area contributed by atoms with Crippen molar-refractivity contribution < 1.29 is 9.47 Å². The fourth-order valence-corrected chi connectivity index (χ4v) is 2.03. The summed E-state index contributed by atoms with van der Waals surface area (Å²) >= 11 is 0. The van der Waals surface area contributed by atoms with Crippen molar-refractivity contribution >= 4 is 10.2 Å². The molecular weight excluding hydrogens is 168 g/mol. The Labute approximate surface area is 78.4 Å². The average molecular weight is 188 g/mol. The SMILES string of the molecule is C=CCCC([SiH3])(OCC)OCC. The second kappa shape index (κ2) is 6.40. The summed E-state index contributed by atoms with van der Waals surface area (Å²) in [5.41, 5.74) is -0.280. The first-order valence-corrected chi connectivity index (χ1v) is 5.57. The van der Waals surface area contributed by atoms with E-state index in [0.29, 0.717) is 0 Å². The van der Waals surface area contributed by atoms with Crippen LogP contribution in [0.5, 0.6) is 0 Å². The Bertz CT molecular complexity index is 120. The van der Waals surface area contributed by atoms with Gasteiger partial charge in [-0.1, -0.05) is 6.08 Å².